The molecule has 0 fully saturated rings. The second kappa shape index (κ2) is 26.7. The van der Waals surface area contributed by atoms with Gasteiger partial charge in [-0.1, -0.05) is 219 Å². The summed E-state index contributed by atoms with van der Waals surface area (Å²) >= 11 is 7.26. The van der Waals surface area contributed by atoms with Crippen molar-refractivity contribution in [1.82, 2.24) is 43.6 Å². The van der Waals surface area contributed by atoms with E-state index in [4.69, 9.17) is 8.83 Å². The van der Waals surface area contributed by atoms with Crippen LogP contribution in [0.5, 0.6) is 0 Å². The summed E-state index contributed by atoms with van der Waals surface area (Å²) in [6, 6.07) is 111. The van der Waals surface area contributed by atoms with Gasteiger partial charge in [-0.2, -0.15) is 0 Å². The highest BCUT2D eigenvalue weighted by Crippen LogP contribution is 2.43. The Morgan fingerprint density at radius 1 is 0.248 bits per heavy atom. The Labute approximate surface area is 645 Å². The summed E-state index contributed by atoms with van der Waals surface area (Å²) in [6.45, 7) is 13.3. The van der Waals surface area contributed by atoms with E-state index in [2.05, 4.69) is 402 Å². The van der Waals surface area contributed by atoms with E-state index in [-0.39, 0.29) is 10.8 Å². The minimum absolute atomic E-state index is 0.0605. The number of hydrogen-bond donors (Lipinski definition) is 1. The molecule has 1 N–H and O–H groups in total. The van der Waals surface area contributed by atoms with Crippen LogP contribution < -0.4 is 0 Å². The SMILES string of the molecule is CC(C)(C)c1ccc(-c2nnc(-c3cccc(-n4c5ccc(-n6c7ccccc7c7ccccc76)cc5c5cc(-n6c7ccccc7c7ccccc76)ccc54)c3)o2)cc1.CC(C)(C)c1ccc(-c2nnc(-c3cccc(-n4c5ccc(Br)cc5c5cc(Br)ccc54)c3)o2)cc1.c1ccc2c(c1)[nH]c1ccccc12. The number of hydrogen-bond acceptors (Lipinski definition) is 6. The quantitative estimate of drug-likeness (QED) is 0.162. The Kier molecular flexibility index (Phi) is 16.4. The number of rotatable bonds is 8. The second-order valence-electron chi connectivity index (χ2n) is 29.9. The highest BCUT2D eigenvalue weighted by molar-refractivity contribution is 9.10. The molecule has 0 aliphatic heterocycles. The van der Waals surface area contributed by atoms with E-state index in [1.165, 1.54) is 87.3 Å². The van der Waals surface area contributed by atoms with E-state index in [0.717, 1.165) is 86.8 Å². The van der Waals surface area contributed by atoms with Gasteiger partial charge in [-0.05, 0) is 192 Å². The standard InChI is InChI=1S/C54H39N5O.C30H23Br2N3O.C12H9N/c1-54(2,3)36-25-23-34(24-26-36)52-55-56-53(60-52)35-13-12-14-37(31-35)57-50-29-27-38(58-46-19-8-4-15-40(46)41-16-5-9-20-47(41)58)32-44(50)45-33-39(28-30-51(45)57)59-48-21-10-6-17-42(48)43-18-7-11-22-49(43)59;1-30(2,3)20-9-7-18(8-10-20)28-33-34-29(36-28)19-5-4-6-23(15-19)35-26-13-11-21(31)16-24(26)25-17-22(32)12-14-27(25)35;1-3-7-11-9(5-1)10-6-2-4-8-12(10)13-11/h4-33H,1-3H3;4-17H,1-3H3;1-8,13H. The highest BCUT2D eigenvalue weighted by Gasteiger charge is 2.23. The lowest BCUT2D eigenvalue weighted by molar-refractivity contribution is 0.582. The van der Waals surface area contributed by atoms with Gasteiger partial charge >= 0.3 is 0 Å². The molecule has 0 amide bonds. The lowest BCUT2D eigenvalue weighted by atomic mass is 9.87. The summed E-state index contributed by atoms with van der Waals surface area (Å²) in [6.07, 6.45) is 0. The van der Waals surface area contributed by atoms with Crippen LogP contribution in [-0.4, -0.2) is 43.6 Å². The molecule has 0 aliphatic rings. The predicted molar refractivity (Wildman–Crippen MR) is 456 cm³/mol. The fraction of sp³-hybridized carbons (Fsp3) is 0.0833. The largest absolute Gasteiger partial charge is 0.416 e. The Morgan fingerprint density at radius 3 is 0.881 bits per heavy atom. The molecule has 109 heavy (non-hydrogen) atoms. The molecule has 11 nitrogen and oxygen atoms in total. The minimum atomic E-state index is 0.0605. The number of nitrogens with one attached hydrogen (secondary N) is 1. The van der Waals surface area contributed by atoms with Crippen molar-refractivity contribution in [3.63, 3.8) is 0 Å². The molecule has 0 aliphatic carbocycles. The van der Waals surface area contributed by atoms with Gasteiger partial charge in [0.15, 0.2) is 0 Å². The van der Waals surface area contributed by atoms with E-state index in [9.17, 15) is 0 Å². The van der Waals surface area contributed by atoms with Gasteiger partial charge in [0.25, 0.3) is 0 Å². The van der Waals surface area contributed by atoms with E-state index in [0.29, 0.717) is 23.6 Å². The average molecular weight is 1540 g/mol. The first-order valence-corrected chi connectivity index (χ1v) is 38.2. The highest BCUT2D eigenvalue weighted by atomic mass is 79.9. The molecule has 21 aromatic rings. The first-order chi connectivity index (χ1) is 53.1. The topological polar surface area (TPSA) is 113 Å². The number of aromatic nitrogens is 9. The van der Waals surface area contributed by atoms with Crippen molar-refractivity contribution in [3.05, 3.63) is 336 Å². The number of halogens is 2. The van der Waals surface area contributed by atoms with E-state index < -0.39 is 0 Å². The molecule has 0 radical (unpaired) electrons. The summed E-state index contributed by atoms with van der Waals surface area (Å²) in [7, 11) is 0. The minimum Gasteiger partial charge on any atom is -0.416 e. The number of H-pyrrole nitrogens is 1. The Bertz CT molecular complexity index is 6720. The molecule has 21 rings (SSSR count). The van der Waals surface area contributed by atoms with Gasteiger partial charge in [-0.15, -0.1) is 20.4 Å². The van der Waals surface area contributed by atoms with Crippen LogP contribution >= 0.6 is 31.9 Å². The zero-order valence-electron chi connectivity index (χ0n) is 60.7. The lowest BCUT2D eigenvalue weighted by Gasteiger charge is -2.18. The van der Waals surface area contributed by atoms with Crippen LogP contribution in [-0.2, 0) is 10.8 Å². The molecule has 14 aromatic carbocycles. The van der Waals surface area contributed by atoms with Crippen LogP contribution in [0, 0.1) is 0 Å². The van der Waals surface area contributed by atoms with Crippen LogP contribution in [0.2, 0.25) is 0 Å². The van der Waals surface area contributed by atoms with Crippen molar-refractivity contribution in [2.45, 2.75) is 52.4 Å². The molecule has 0 bridgehead atoms. The first-order valence-electron chi connectivity index (χ1n) is 36.6. The molecule has 7 aromatic heterocycles. The molecule has 526 valence electrons. The summed E-state index contributed by atoms with van der Waals surface area (Å²) in [5.41, 5.74) is 22.1. The molecule has 13 heteroatoms. The Morgan fingerprint density at radius 2 is 0.532 bits per heavy atom. The fourth-order valence-corrected chi connectivity index (χ4v) is 16.4. The second-order valence-corrected chi connectivity index (χ2v) is 31.8. The first kappa shape index (κ1) is 67.0. The van der Waals surface area contributed by atoms with Gasteiger partial charge in [-0.3, -0.25) is 0 Å². The smallest absolute Gasteiger partial charge is 0.248 e. The third-order valence-corrected chi connectivity index (χ3v) is 22.0. The molecule has 0 spiro atoms. The maximum atomic E-state index is 6.35. The summed E-state index contributed by atoms with van der Waals surface area (Å²) in [5, 5.41) is 30.0. The zero-order chi connectivity index (χ0) is 73.8. The van der Waals surface area contributed by atoms with Crippen molar-refractivity contribution < 1.29 is 8.83 Å². The Balaban J connectivity index is 0.000000138. The van der Waals surface area contributed by atoms with Crippen LogP contribution in [0.25, 0.3) is 178 Å². The Hall–Kier alpha value is -12.7. The number of aromatic amines is 1. The molecule has 7 heterocycles. The van der Waals surface area contributed by atoms with Crippen molar-refractivity contribution in [2.75, 3.05) is 0 Å². The van der Waals surface area contributed by atoms with Gasteiger partial charge in [0, 0.05) is 119 Å². The molecule has 0 unspecified atom stereocenters. The van der Waals surface area contributed by atoms with Gasteiger partial charge in [-0.25, -0.2) is 0 Å². The molecule has 0 atom stereocenters. The fourth-order valence-electron chi connectivity index (χ4n) is 15.7. The van der Waals surface area contributed by atoms with Crippen molar-refractivity contribution in [1.29, 1.82) is 0 Å². The van der Waals surface area contributed by atoms with Crippen LogP contribution in [0.3, 0.4) is 0 Å². The normalized spacial score (nSPS) is 12.0. The van der Waals surface area contributed by atoms with Crippen LogP contribution in [0.4, 0.5) is 0 Å². The van der Waals surface area contributed by atoms with E-state index in [1.807, 2.05) is 30.3 Å². The monoisotopic (exact) mass is 1540 g/mol. The average Bonchev–Trinajstić information content (AvgIpc) is 1.57. The van der Waals surface area contributed by atoms with Crippen molar-refractivity contribution in [2.24, 2.45) is 0 Å². The number of benzene rings is 14. The number of para-hydroxylation sites is 6. The molecular weight excluding hydrogens is 1470 g/mol. The maximum absolute atomic E-state index is 6.35. The van der Waals surface area contributed by atoms with E-state index in [1.54, 1.807) is 0 Å². The predicted octanol–water partition coefficient (Wildman–Crippen LogP) is 26.6. The molecule has 0 saturated carbocycles. The summed E-state index contributed by atoms with van der Waals surface area (Å²) in [5.74, 6) is 2.00. The van der Waals surface area contributed by atoms with Crippen LogP contribution in [0.1, 0.15) is 52.7 Å². The third kappa shape index (κ3) is 12.0. The van der Waals surface area contributed by atoms with Crippen LogP contribution in [0.15, 0.2) is 333 Å². The third-order valence-electron chi connectivity index (χ3n) is 21.1. The maximum Gasteiger partial charge on any atom is 0.248 e. The molecular formula is C96H71Br2N9O2. The summed E-state index contributed by atoms with van der Waals surface area (Å²) in [4.78, 5) is 3.38. The van der Waals surface area contributed by atoms with E-state index >= 15 is 0 Å². The van der Waals surface area contributed by atoms with Gasteiger partial charge in [0.1, 0.15) is 0 Å². The van der Waals surface area contributed by atoms with Crippen molar-refractivity contribution >= 4 is 141 Å². The number of nitrogens with zero attached hydrogens (tertiary/aromatic N) is 8. The number of fused-ring (bicyclic) bond motifs is 15. The van der Waals surface area contributed by atoms with Crippen molar-refractivity contribution in [3.8, 4) is 68.6 Å². The molecule has 0 saturated heterocycles. The zero-order valence-corrected chi connectivity index (χ0v) is 63.8. The van der Waals surface area contributed by atoms with Gasteiger partial charge in [0.05, 0.1) is 44.1 Å². The van der Waals surface area contributed by atoms with Gasteiger partial charge in [0.2, 0.25) is 23.6 Å². The van der Waals surface area contributed by atoms with Gasteiger partial charge < -0.3 is 32.1 Å². The lowest BCUT2D eigenvalue weighted by Crippen LogP contribution is -2.10. The summed E-state index contributed by atoms with van der Waals surface area (Å²) < 4.78 is 24.0.